The summed E-state index contributed by atoms with van der Waals surface area (Å²) in [5.41, 5.74) is 0.179. The molecule has 0 atom stereocenters. The van der Waals surface area contributed by atoms with Crippen LogP contribution >= 0.6 is 11.6 Å². The summed E-state index contributed by atoms with van der Waals surface area (Å²) in [5.74, 6) is -0.292. The van der Waals surface area contributed by atoms with Crippen LogP contribution in [0.3, 0.4) is 0 Å². The molecule has 102 valence electrons. The Labute approximate surface area is 110 Å². The third-order valence-electron chi connectivity index (χ3n) is 2.29. The van der Waals surface area contributed by atoms with Crippen molar-refractivity contribution in [3.63, 3.8) is 0 Å². The Bertz CT molecular complexity index is 584. The first-order chi connectivity index (χ1) is 8.85. The summed E-state index contributed by atoms with van der Waals surface area (Å²) in [7, 11) is 0. The predicted octanol–water partition coefficient (Wildman–Crippen LogP) is 3.59. The van der Waals surface area contributed by atoms with E-state index in [2.05, 4.69) is 10.1 Å². The zero-order valence-corrected chi connectivity index (χ0v) is 10.2. The zero-order valence-electron chi connectivity index (χ0n) is 9.41. The predicted molar refractivity (Wildman–Crippen MR) is 60.8 cm³/mol. The van der Waals surface area contributed by atoms with Crippen LogP contribution in [0, 0.1) is 0 Å². The average molecular weight is 293 g/mol. The van der Waals surface area contributed by atoms with E-state index in [-0.39, 0.29) is 29.4 Å². The highest BCUT2D eigenvalue weighted by molar-refractivity contribution is 6.30. The maximum Gasteiger partial charge on any atom is 0.389 e. The number of rotatable bonds is 3. The minimum absolute atomic E-state index is 0.0721. The molecule has 1 aromatic heterocycles. The number of halogens is 4. The minimum Gasteiger partial charge on any atom is -0.507 e. The summed E-state index contributed by atoms with van der Waals surface area (Å²) in [6.45, 7) is 0. The molecule has 2 rings (SSSR count). The molecule has 1 heterocycles. The van der Waals surface area contributed by atoms with Crippen LogP contribution < -0.4 is 0 Å². The lowest BCUT2D eigenvalue weighted by molar-refractivity contribution is -0.134. The Hall–Kier alpha value is -1.76. The van der Waals surface area contributed by atoms with Gasteiger partial charge in [0.2, 0.25) is 0 Å². The molecule has 0 fully saturated rings. The number of phenolic OH excluding ortho intramolecular Hbond substituents is 1. The molecule has 1 N–H and O–H groups in total. The number of aromatic nitrogens is 2. The Morgan fingerprint density at radius 2 is 2.05 bits per heavy atom. The Morgan fingerprint density at radius 1 is 1.32 bits per heavy atom. The number of alkyl halides is 3. The molecule has 1 aromatic carbocycles. The lowest BCUT2D eigenvalue weighted by atomic mass is 10.2. The van der Waals surface area contributed by atoms with Crippen molar-refractivity contribution >= 4 is 11.6 Å². The van der Waals surface area contributed by atoms with Gasteiger partial charge in [0.15, 0.2) is 5.82 Å². The van der Waals surface area contributed by atoms with Crippen LogP contribution in [0.1, 0.15) is 12.2 Å². The summed E-state index contributed by atoms with van der Waals surface area (Å²) in [4.78, 5) is 3.79. The first-order valence-electron chi connectivity index (χ1n) is 5.23. The molecule has 2 aromatic rings. The molecule has 0 spiro atoms. The molecule has 8 heteroatoms. The quantitative estimate of drug-likeness (QED) is 0.939. The standard InChI is InChI=1S/C11H8ClF3N2O2/c12-6-1-2-8(18)7(5-6)10-16-9(17-19-10)3-4-11(13,14)15/h1-2,5,18H,3-4H2. The fourth-order valence-electron chi connectivity index (χ4n) is 1.40. The summed E-state index contributed by atoms with van der Waals surface area (Å²) in [6, 6.07) is 4.18. The molecule has 19 heavy (non-hydrogen) atoms. The van der Waals surface area contributed by atoms with Gasteiger partial charge in [-0.05, 0) is 18.2 Å². The van der Waals surface area contributed by atoms with Gasteiger partial charge in [-0.15, -0.1) is 0 Å². The van der Waals surface area contributed by atoms with Crippen LogP contribution in [0.15, 0.2) is 22.7 Å². The van der Waals surface area contributed by atoms with Gasteiger partial charge in [-0.1, -0.05) is 16.8 Å². The molecule has 0 aliphatic heterocycles. The van der Waals surface area contributed by atoms with E-state index in [0.717, 1.165) is 0 Å². The second-order valence-corrected chi connectivity index (χ2v) is 4.23. The van der Waals surface area contributed by atoms with Crippen molar-refractivity contribution in [2.45, 2.75) is 19.0 Å². The van der Waals surface area contributed by atoms with E-state index in [1.807, 2.05) is 0 Å². The smallest absolute Gasteiger partial charge is 0.389 e. The lowest BCUT2D eigenvalue weighted by Crippen LogP contribution is -2.09. The van der Waals surface area contributed by atoms with Crippen LogP contribution in [0.4, 0.5) is 13.2 Å². The van der Waals surface area contributed by atoms with Gasteiger partial charge in [0.1, 0.15) is 5.75 Å². The number of nitrogens with zero attached hydrogens (tertiary/aromatic N) is 2. The van der Waals surface area contributed by atoms with E-state index >= 15 is 0 Å². The van der Waals surface area contributed by atoms with Gasteiger partial charge in [-0.2, -0.15) is 18.2 Å². The number of aromatic hydroxyl groups is 1. The first kappa shape index (κ1) is 13.7. The second kappa shape index (κ2) is 5.08. The highest BCUT2D eigenvalue weighted by Gasteiger charge is 2.27. The van der Waals surface area contributed by atoms with Crippen LogP contribution in [0.2, 0.25) is 5.02 Å². The van der Waals surface area contributed by atoms with Crippen LogP contribution in [0.25, 0.3) is 11.5 Å². The molecule has 4 nitrogen and oxygen atoms in total. The van der Waals surface area contributed by atoms with E-state index in [1.165, 1.54) is 18.2 Å². The Kier molecular flexibility index (Phi) is 3.66. The maximum absolute atomic E-state index is 12.0. The number of benzene rings is 1. The zero-order chi connectivity index (χ0) is 14.0. The summed E-state index contributed by atoms with van der Waals surface area (Å²) < 4.78 is 40.9. The van der Waals surface area contributed by atoms with Crippen LogP contribution in [-0.2, 0) is 6.42 Å². The van der Waals surface area contributed by atoms with Crippen molar-refractivity contribution in [1.29, 1.82) is 0 Å². The van der Waals surface area contributed by atoms with Crippen molar-refractivity contribution < 1.29 is 22.8 Å². The third kappa shape index (κ3) is 3.60. The lowest BCUT2D eigenvalue weighted by Gasteiger charge is -2.02. The van der Waals surface area contributed by atoms with Gasteiger partial charge in [0.05, 0.1) is 12.0 Å². The van der Waals surface area contributed by atoms with Crippen molar-refractivity contribution in [1.82, 2.24) is 10.1 Å². The molecular formula is C11H8ClF3N2O2. The summed E-state index contributed by atoms with van der Waals surface area (Å²) in [6.07, 6.45) is -5.69. The fraction of sp³-hybridized carbons (Fsp3) is 0.273. The number of hydrogen-bond acceptors (Lipinski definition) is 4. The first-order valence-corrected chi connectivity index (χ1v) is 5.61. The molecule has 0 aliphatic rings. The highest BCUT2D eigenvalue weighted by Crippen LogP contribution is 2.30. The van der Waals surface area contributed by atoms with Gasteiger partial charge >= 0.3 is 6.18 Å². The molecule has 0 bridgehead atoms. The normalized spacial score (nSPS) is 11.8. The van der Waals surface area contributed by atoms with E-state index in [1.54, 1.807) is 0 Å². The number of phenols is 1. The van der Waals surface area contributed by atoms with Crippen LogP contribution in [-0.4, -0.2) is 21.4 Å². The van der Waals surface area contributed by atoms with E-state index < -0.39 is 12.6 Å². The second-order valence-electron chi connectivity index (χ2n) is 3.79. The topological polar surface area (TPSA) is 59.2 Å². The van der Waals surface area contributed by atoms with Gasteiger partial charge < -0.3 is 9.63 Å². The average Bonchev–Trinajstić information content (AvgIpc) is 2.77. The van der Waals surface area contributed by atoms with Crippen molar-refractivity contribution in [2.24, 2.45) is 0 Å². The molecule has 0 amide bonds. The van der Waals surface area contributed by atoms with E-state index in [4.69, 9.17) is 16.1 Å². The van der Waals surface area contributed by atoms with Crippen LogP contribution in [0.5, 0.6) is 5.75 Å². The van der Waals surface area contributed by atoms with Crippen molar-refractivity contribution in [2.75, 3.05) is 0 Å². The molecule has 0 aliphatic carbocycles. The molecule has 0 saturated carbocycles. The number of aryl methyl sites for hydroxylation is 1. The van der Waals surface area contributed by atoms with Gasteiger partial charge in [0.25, 0.3) is 5.89 Å². The minimum atomic E-state index is -4.28. The van der Waals surface area contributed by atoms with E-state index in [9.17, 15) is 18.3 Å². The Balaban J connectivity index is 2.19. The van der Waals surface area contributed by atoms with Crippen molar-refractivity contribution in [3.8, 4) is 17.2 Å². The highest BCUT2D eigenvalue weighted by atomic mass is 35.5. The van der Waals surface area contributed by atoms with Gasteiger partial charge in [-0.25, -0.2) is 0 Å². The largest absolute Gasteiger partial charge is 0.507 e. The molecule has 0 radical (unpaired) electrons. The molecule has 0 saturated heterocycles. The Morgan fingerprint density at radius 3 is 2.74 bits per heavy atom. The molecule has 0 unspecified atom stereocenters. The summed E-state index contributed by atoms with van der Waals surface area (Å²) >= 11 is 5.74. The molecular weight excluding hydrogens is 285 g/mol. The van der Waals surface area contributed by atoms with E-state index in [0.29, 0.717) is 5.02 Å². The summed E-state index contributed by atoms with van der Waals surface area (Å²) in [5, 5.41) is 13.4. The SMILES string of the molecule is Oc1ccc(Cl)cc1-c1nc(CCC(F)(F)F)no1. The van der Waals surface area contributed by atoms with Gasteiger partial charge in [0, 0.05) is 11.4 Å². The van der Waals surface area contributed by atoms with Crippen molar-refractivity contribution in [3.05, 3.63) is 29.0 Å². The van der Waals surface area contributed by atoms with Gasteiger partial charge in [-0.3, -0.25) is 0 Å². The number of hydrogen-bond donors (Lipinski definition) is 1. The fourth-order valence-corrected chi connectivity index (χ4v) is 1.57. The monoisotopic (exact) mass is 292 g/mol. The maximum atomic E-state index is 12.0. The third-order valence-corrected chi connectivity index (χ3v) is 2.52.